The van der Waals surface area contributed by atoms with Crippen LogP contribution in [0.4, 0.5) is 0 Å². The summed E-state index contributed by atoms with van der Waals surface area (Å²) < 4.78 is 2.30. The molecule has 2 aromatic rings. The Hall–Kier alpha value is -0.670. The first-order valence-corrected chi connectivity index (χ1v) is 8.70. The number of rotatable bonds is 7. The van der Waals surface area contributed by atoms with Crippen LogP contribution in [0.2, 0.25) is 0 Å². The largest absolute Gasteiger partial charge is 0.327 e. The van der Waals surface area contributed by atoms with Crippen molar-refractivity contribution in [3.05, 3.63) is 29.6 Å². The molecule has 1 aromatic carbocycles. The van der Waals surface area contributed by atoms with E-state index in [2.05, 4.69) is 40.9 Å². The summed E-state index contributed by atoms with van der Waals surface area (Å²) >= 11 is 7.95. The minimum Gasteiger partial charge on any atom is -0.327 e. The number of aryl methyl sites for hydroxylation is 2. The monoisotopic (exact) mass is 296 g/mol. The van der Waals surface area contributed by atoms with E-state index in [0.29, 0.717) is 5.88 Å². The molecule has 2 rings (SSSR count). The third-order valence-corrected chi connectivity index (χ3v) is 4.33. The van der Waals surface area contributed by atoms with Gasteiger partial charge >= 0.3 is 0 Å². The Labute approximate surface area is 124 Å². The van der Waals surface area contributed by atoms with Gasteiger partial charge in [-0.3, -0.25) is 0 Å². The highest BCUT2D eigenvalue weighted by molar-refractivity contribution is 7.98. The molecule has 0 N–H and O–H groups in total. The van der Waals surface area contributed by atoms with E-state index >= 15 is 0 Å². The SMILES string of the molecule is CSCCCCCn1c(CCl)nc2cccc(C)c21. The van der Waals surface area contributed by atoms with Gasteiger partial charge in [-0.2, -0.15) is 11.8 Å². The summed E-state index contributed by atoms with van der Waals surface area (Å²) in [6.45, 7) is 3.17. The number of fused-ring (bicyclic) bond motifs is 1. The lowest BCUT2D eigenvalue weighted by Crippen LogP contribution is -2.03. The molecule has 104 valence electrons. The molecule has 2 nitrogen and oxygen atoms in total. The number of unbranched alkanes of at least 4 members (excludes halogenated alkanes) is 2. The molecule has 0 spiro atoms. The number of nitrogens with zero attached hydrogens (tertiary/aromatic N) is 2. The molecule has 0 atom stereocenters. The van der Waals surface area contributed by atoms with E-state index in [1.165, 1.54) is 36.1 Å². The number of aromatic nitrogens is 2. The predicted octanol–water partition coefficient (Wildman–Crippen LogP) is 4.62. The Balaban J connectivity index is 2.15. The van der Waals surface area contributed by atoms with Gasteiger partial charge in [-0.1, -0.05) is 18.6 Å². The fourth-order valence-electron chi connectivity index (χ4n) is 2.45. The maximum Gasteiger partial charge on any atom is 0.124 e. The van der Waals surface area contributed by atoms with Crippen molar-refractivity contribution in [2.24, 2.45) is 0 Å². The Bertz CT molecular complexity index is 536. The second-order valence-corrected chi connectivity index (χ2v) is 6.06. The third-order valence-electron chi connectivity index (χ3n) is 3.40. The number of benzene rings is 1. The maximum absolute atomic E-state index is 6.03. The Morgan fingerprint density at radius 1 is 1.26 bits per heavy atom. The van der Waals surface area contributed by atoms with E-state index in [-0.39, 0.29) is 0 Å². The lowest BCUT2D eigenvalue weighted by atomic mass is 10.2. The zero-order chi connectivity index (χ0) is 13.7. The van der Waals surface area contributed by atoms with E-state index in [9.17, 15) is 0 Å². The Morgan fingerprint density at radius 2 is 2.11 bits per heavy atom. The lowest BCUT2D eigenvalue weighted by Gasteiger charge is -2.09. The van der Waals surface area contributed by atoms with Gasteiger partial charge in [0.05, 0.1) is 16.9 Å². The van der Waals surface area contributed by atoms with E-state index in [1.807, 2.05) is 11.8 Å². The molecule has 4 heteroatoms. The van der Waals surface area contributed by atoms with Gasteiger partial charge in [0.25, 0.3) is 0 Å². The van der Waals surface area contributed by atoms with Crippen LogP contribution in [0.25, 0.3) is 11.0 Å². The second-order valence-electron chi connectivity index (χ2n) is 4.81. The third kappa shape index (κ3) is 3.46. The average molecular weight is 297 g/mol. The van der Waals surface area contributed by atoms with Crippen molar-refractivity contribution >= 4 is 34.4 Å². The molecule has 0 saturated carbocycles. The standard InChI is InChI=1S/C15H21ClN2S/c1-12-7-6-8-13-15(12)18(14(11-16)17-13)9-4-3-5-10-19-2/h6-8H,3-5,9-11H2,1-2H3. The van der Waals surface area contributed by atoms with Gasteiger partial charge in [-0.05, 0) is 43.4 Å². The summed E-state index contributed by atoms with van der Waals surface area (Å²) in [7, 11) is 0. The average Bonchev–Trinajstić information content (AvgIpc) is 2.78. The molecule has 0 bridgehead atoms. The van der Waals surface area contributed by atoms with Gasteiger partial charge < -0.3 is 4.57 Å². The fourth-order valence-corrected chi connectivity index (χ4v) is 3.15. The summed E-state index contributed by atoms with van der Waals surface area (Å²) in [6.07, 6.45) is 5.93. The smallest absolute Gasteiger partial charge is 0.124 e. The maximum atomic E-state index is 6.03. The van der Waals surface area contributed by atoms with Crippen molar-refractivity contribution in [2.75, 3.05) is 12.0 Å². The van der Waals surface area contributed by atoms with E-state index in [1.54, 1.807) is 0 Å². The number of para-hydroxylation sites is 1. The van der Waals surface area contributed by atoms with Crippen molar-refractivity contribution in [1.29, 1.82) is 0 Å². The number of halogens is 1. The summed E-state index contributed by atoms with van der Waals surface area (Å²) in [6, 6.07) is 6.28. The zero-order valence-electron chi connectivity index (χ0n) is 11.7. The van der Waals surface area contributed by atoms with Gasteiger partial charge in [-0.15, -0.1) is 11.6 Å². The number of imidazole rings is 1. The Kier molecular flexibility index (Phi) is 5.59. The van der Waals surface area contributed by atoms with E-state index < -0.39 is 0 Å². The van der Waals surface area contributed by atoms with Crippen molar-refractivity contribution < 1.29 is 0 Å². The van der Waals surface area contributed by atoms with Crippen LogP contribution in [-0.2, 0) is 12.4 Å². The molecule has 1 heterocycles. The van der Waals surface area contributed by atoms with Gasteiger partial charge in [0.1, 0.15) is 5.82 Å². The van der Waals surface area contributed by atoms with Crippen molar-refractivity contribution in [3.8, 4) is 0 Å². The highest BCUT2D eigenvalue weighted by atomic mass is 35.5. The fraction of sp³-hybridized carbons (Fsp3) is 0.533. The lowest BCUT2D eigenvalue weighted by molar-refractivity contribution is 0.601. The molecular weight excluding hydrogens is 276 g/mol. The van der Waals surface area contributed by atoms with Crippen LogP contribution in [0.5, 0.6) is 0 Å². The molecule has 19 heavy (non-hydrogen) atoms. The molecule has 0 fully saturated rings. The number of hydrogen-bond acceptors (Lipinski definition) is 2. The summed E-state index contributed by atoms with van der Waals surface area (Å²) in [5.74, 6) is 2.74. The Morgan fingerprint density at radius 3 is 2.84 bits per heavy atom. The zero-order valence-corrected chi connectivity index (χ0v) is 13.2. The molecule has 0 amide bonds. The molecule has 0 aliphatic rings. The first-order chi connectivity index (χ1) is 9.27. The number of alkyl halides is 1. The molecule has 0 saturated heterocycles. The van der Waals surface area contributed by atoms with E-state index in [0.717, 1.165) is 17.9 Å². The molecule has 0 radical (unpaired) electrons. The van der Waals surface area contributed by atoms with Crippen LogP contribution in [0.3, 0.4) is 0 Å². The molecule has 0 unspecified atom stereocenters. The van der Waals surface area contributed by atoms with Gasteiger partial charge in [-0.25, -0.2) is 4.98 Å². The predicted molar refractivity (Wildman–Crippen MR) is 86.3 cm³/mol. The first kappa shape index (κ1) is 14.7. The van der Waals surface area contributed by atoms with Crippen LogP contribution in [-0.4, -0.2) is 21.6 Å². The normalized spacial score (nSPS) is 11.3. The minimum absolute atomic E-state index is 0.485. The van der Waals surface area contributed by atoms with Crippen molar-refractivity contribution in [3.63, 3.8) is 0 Å². The molecule has 0 aliphatic heterocycles. The minimum atomic E-state index is 0.485. The first-order valence-electron chi connectivity index (χ1n) is 6.77. The number of hydrogen-bond donors (Lipinski definition) is 0. The van der Waals surface area contributed by atoms with Gasteiger partial charge in [0, 0.05) is 6.54 Å². The number of thioether (sulfide) groups is 1. The van der Waals surface area contributed by atoms with Crippen LogP contribution in [0.1, 0.15) is 30.7 Å². The molecular formula is C15H21ClN2S. The second kappa shape index (κ2) is 7.20. The van der Waals surface area contributed by atoms with Crippen molar-refractivity contribution in [2.45, 2.75) is 38.6 Å². The molecule has 1 aromatic heterocycles. The van der Waals surface area contributed by atoms with Gasteiger partial charge in [0.15, 0.2) is 0 Å². The highest BCUT2D eigenvalue weighted by Crippen LogP contribution is 2.22. The summed E-state index contributed by atoms with van der Waals surface area (Å²) in [5.41, 5.74) is 3.60. The summed E-state index contributed by atoms with van der Waals surface area (Å²) in [4.78, 5) is 4.63. The molecule has 0 aliphatic carbocycles. The quantitative estimate of drug-likeness (QED) is 0.548. The van der Waals surface area contributed by atoms with Crippen LogP contribution < -0.4 is 0 Å². The topological polar surface area (TPSA) is 17.8 Å². The van der Waals surface area contributed by atoms with E-state index in [4.69, 9.17) is 11.6 Å². The van der Waals surface area contributed by atoms with Crippen LogP contribution >= 0.6 is 23.4 Å². The van der Waals surface area contributed by atoms with Crippen molar-refractivity contribution in [1.82, 2.24) is 9.55 Å². The summed E-state index contributed by atoms with van der Waals surface area (Å²) in [5, 5.41) is 0. The highest BCUT2D eigenvalue weighted by Gasteiger charge is 2.11. The van der Waals surface area contributed by atoms with Gasteiger partial charge in [0.2, 0.25) is 0 Å². The van der Waals surface area contributed by atoms with Crippen LogP contribution in [0.15, 0.2) is 18.2 Å². The van der Waals surface area contributed by atoms with Crippen LogP contribution in [0, 0.1) is 6.92 Å².